The number of hydrogen-bond donors (Lipinski definition) is 2. The zero-order chi connectivity index (χ0) is 15.1. The van der Waals surface area contributed by atoms with Gasteiger partial charge in [-0.1, -0.05) is 6.92 Å². The van der Waals surface area contributed by atoms with Gasteiger partial charge in [0.15, 0.2) is 0 Å². The standard InChI is InChI=1S/C15H18N4O2/c1-3-7-16-13-9-11(6-8-17-13)15(20)19-12-4-5-14(21-2)18-10-12/h4-6,8-10H,3,7H2,1-2H3,(H,16,17)(H,19,20). The maximum Gasteiger partial charge on any atom is 0.255 e. The van der Waals surface area contributed by atoms with E-state index in [1.807, 2.05) is 0 Å². The van der Waals surface area contributed by atoms with Crippen LogP contribution in [0, 0.1) is 0 Å². The van der Waals surface area contributed by atoms with E-state index < -0.39 is 0 Å². The van der Waals surface area contributed by atoms with E-state index in [4.69, 9.17) is 4.74 Å². The van der Waals surface area contributed by atoms with Crippen molar-refractivity contribution in [2.24, 2.45) is 0 Å². The highest BCUT2D eigenvalue weighted by atomic mass is 16.5. The molecule has 0 aromatic carbocycles. The third-order valence-electron chi connectivity index (χ3n) is 2.78. The van der Waals surface area contributed by atoms with Gasteiger partial charge in [-0.3, -0.25) is 4.79 Å². The maximum absolute atomic E-state index is 12.2. The molecule has 2 aromatic rings. The third kappa shape index (κ3) is 4.17. The Labute approximate surface area is 123 Å². The molecule has 21 heavy (non-hydrogen) atoms. The SMILES string of the molecule is CCCNc1cc(C(=O)Nc2ccc(OC)nc2)ccn1. The van der Waals surface area contributed by atoms with Gasteiger partial charge >= 0.3 is 0 Å². The van der Waals surface area contributed by atoms with Crippen molar-refractivity contribution in [3.8, 4) is 5.88 Å². The molecule has 0 unspecified atom stereocenters. The highest BCUT2D eigenvalue weighted by molar-refractivity contribution is 6.04. The Hall–Kier alpha value is -2.63. The first-order chi connectivity index (χ1) is 10.2. The van der Waals surface area contributed by atoms with Crippen LogP contribution in [-0.2, 0) is 0 Å². The van der Waals surface area contributed by atoms with Crippen LogP contribution in [0.1, 0.15) is 23.7 Å². The van der Waals surface area contributed by atoms with Crippen molar-refractivity contribution in [3.05, 3.63) is 42.2 Å². The summed E-state index contributed by atoms with van der Waals surface area (Å²) in [6, 6.07) is 6.82. The molecule has 6 heteroatoms. The number of aromatic nitrogens is 2. The zero-order valence-corrected chi connectivity index (χ0v) is 12.1. The Morgan fingerprint density at radius 1 is 1.29 bits per heavy atom. The molecule has 2 rings (SSSR count). The lowest BCUT2D eigenvalue weighted by molar-refractivity contribution is 0.102. The summed E-state index contributed by atoms with van der Waals surface area (Å²) in [5.41, 5.74) is 1.15. The van der Waals surface area contributed by atoms with E-state index >= 15 is 0 Å². The minimum atomic E-state index is -0.205. The Balaban J connectivity index is 2.05. The van der Waals surface area contributed by atoms with Crippen LogP contribution in [0.5, 0.6) is 5.88 Å². The van der Waals surface area contributed by atoms with Crippen molar-refractivity contribution >= 4 is 17.4 Å². The molecule has 0 saturated heterocycles. The summed E-state index contributed by atoms with van der Waals surface area (Å²) in [5, 5.41) is 5.93. The highest BCUT2D eigenvalue weighted by Crippen LogP contribution is 2.13. The van der Waals surface area contributed by atoms with Crippen molar-refractivity contribution in [3.63, 3.8) is 0 Å². The Kier molecular flexibility index (Phi) is 5.09. The number of carbonyl (C=O) groups is 1. The second kappa shape index (κ2) is 7.23. The molecule has 0 atom stereocenters. The lowest BCUT2D eigenvalue weighted by Gasteiger charge is -2.08. The summed E-state index contributed by atoms with van der Waals surface area (Å²) in [4.78, 5) is 20.4. The summed E-state index contributed by atoms with van der Waals surface area (Å²) in [6.45, 7) is 2.89. The predicted octanol–water partition coefficient (Wildman–Crippen LogP) is 2.56. The van der Waals surface area contributed by atoms with Crippen molar-refractivity contribution in [1.29, 1.82) is 0 Å². The van der Waals surface area contributed by atoms with Gasteiger partial charge in [0.25, 0.3) is 5.91 Å². The summed E-state index contributed by atoms with van der Waals surface area (Å²) >= 11 is 0. The number of anilines is 2. The van der Waals surface area contributed by atoms with Gasteiger partial charge in [0.05, 0.1) is 19.0 Å². The number of hydrogen-bond acceptors (Lipinski definition) is 5. The van der Waals surface area contributed by atoms with E-state index in [0.29, 0.717) is 22.9 Å². The number of rotatable bonds is 6. The summed E-state index contributed by atoms with van der Waals surface area (Å²) in [7, 11) is 1.54. The smallest absolute Gasteiger partial charge is 0.255 e. The molecule has 0 radical (unpaired) electrons. The second-order valence-electron chi connectivity index (χ2n) is 4.40. The van der Waals surface area contributed by atoms with Crippen LogP contribution in [0.3, 0.4) is 0 Å². The second-order valence-corrected chi connectivity index (χ2v) is 4.40. The number of carbonyl (C=O) groups excluding carboxylic acids is 1. The molecule has 2 aromatic heterocycles. The molecule has 110 valence electrons. The highest BCUT2D eigenvalue weighted by Gasteiger charge is 2.07. The van der Waals surface area contributed by atoms with Crippen LogP contribution < -0.4 is 15.4 Å². The number of nitrogens with one attached hydrogen (secondary N) is 2. The molecule has 0 saturated carbocycles. The molecule has 1 amide bonds. The van der Waals surface area contributed by atoms with Crippen LogP contribution in [0.15, 0.2) is 36.7 Å². The van der Waals surface area contributed by atoms with Crippen molar-refractivity contribution in [2.45, 2.75) is 13.3 Å². The van der Waals surface area contributed by atoms with Crippen molar-refractivity contribution < 1.29 is 9.53 Å². The number of amides is 1. The van der Waals surface area contributed by atoms with Gasteiger partial charge in [-0.2, -0.15) is 0 Å². The Morgan fingerprint density at radius 2 is 2.14 bits per heavy atom. The first-order valence-corrected chi connectivity index (χ1v) is 6.74. The maximum atomic E-state index is 12.2. The third-order valence-corrected chi connectivity index (χ3v) is 2.78. The quantitative estimate of drug-likeness (QED) is 0.853. The molecule has 0 bridgehead atoms. The van der Waals surface area contributed by atoms with Gasteiger partial charge in [0.1, 0.15) is 5.82 Å². The minimum absolute atomic E-state index is 0.205. The first-order valence-electron chi connectivity index (χ1n) is 6.74. The van der Waals surface area contributed by atoms with Crippen molar-refractivity contribution in [2.75, 3.05) is 24.3 Å². The van der Waals surface area contributed by atoms with Gasteiger partial charge in [-0.05, 0) is 24.6 Å². The van der Waals surface area contributed by atoms with Gasteiger partial charge in [0, 0.05) is 24.4 Å². The van der Waals surface area contributed by atoms with Crippen LogP contribution in [0.4, 0.5) is 11.5 Å². The zero-order valence-electron chi connectivity index (χ0n) is 12.1. The van der Waals surface area contributed by atoms with E-state index in [1.54, 1.807) is 43.8 Å². The van der Waals surface area contributed by atoms with E-state index in [9.17, 15) is 4.79 Å². The average molecular weight is 286 g/mol. The average Bonchev–Trinajstić information content (AvgIpc) is 2.54. The molecule has 0 aliphatic heterocycles. The molecule has 6 nitrogen and oxygen atoms in total. The van der Waals surface area contributed by atoms with Gasteiger partial charge < -0.3 is 15.4 Å². The fourth-order valence-corrected chi connectivity index (χ4v) is 1.70. The molecule has 2 heterocycles. The Morgan fingerprint density at radius 3 is 2.81 bits per heavy atom. The normalized spacial score (nSPS) is 10.0. The van der Waals surface area contributed by atoms with E-state index in [2.05, 4.69) is 27.5 Å². The van der Waals surface area contributed by atoms with Gasteiger partial charge in [-0.15, -0.1) is 0 Å². The molecule has 0 spiro atoms. The number of methoxy groups -OCH3 is 1. The van der Waals surface area contributed by atoms with E-state index in [0.717, 1.165) is 13.0 Å². The number of nitrogens with zero attached hydrogens (tertiary/aromatic N) is 2. The predicted molar refractivity (Wildman–Crippen MR) is 81.8 cm³/mol. The van der Waals surface area contributed by atoms with E-state index in [-0.39, 0.29) is 5.91 Å². The Bertz CT molecular complexity index is 599. The fourth-order valence-electron chi connectivity index (χ4n) is 1.70. The molecular weight excluding hydrogens is 268 g/mol. The van der Waals surface area contributed by atoms with Crippen LogP contribution >= 0.6 is 0 Å². The van der Waals surface area contributed by atoms with Crippen LogP contribution in [0.25, 0.3) is 0 Å². The lowest BCUT2D eigenvalue weighted by Crippen LogP contribution is -2.13. The van der Waals surface area contributed by atoms with E-state index in [1.165, 1.54) is 0 Å². The van der Waals surface area contributed by atoms with Gasteiger partial charge in [0.2, 0.25) is 5.88 Å². The van der Waals surface area contributed by atoms with Crippen LogP contribution in [-0.4, -0.2) is 29.5 Å². The number of pyridine rings is 2. The number of ether oxygens (including phenoxy) is 1. The fraction of sp³-hybridized carbons (Fsp3) is 0.267. The molecule has 0 aliphatic rings. The van der Waals surface area contributed by atoms with Crippen LogP contribution in [0.2, 0.25) is 0 Å². The topological polar surface area (TPSA) is 76.1 Å². The molecular formula is C15H18N4O2. The summed E-state index contributed by atoms with van der Waals surface area (Å²) in [6.07, 6.45) is 4.16. The monoisotopic (exact) mass is 286 g/mol. The molecule has 0 aliphatic carbocycles. The summed E-state index contributed by atoms with van der Waals surface area (Å²) in [5.74, 6) is 0.990. The molecule has 2 N–H and O–H groups in total. The lowest BCUT2D eigenvalue weighted by atomic mass is 10.2. The largest absolute Gasteiger partial charge is 0.481 e. The van der Waals surface area contributed by atoms with Crippen molar-refractivity contribution in [1.82, 2.24) is 9.97 Å². The van der Waals surface area contributed by atoms with Gasteiger partial charge in [-0.25, -0.2) is 9.97 Å². The summed E-state index contributed by atoms with van der Waals surface area (Å²) < 4.78 is 4.97. The molecule has 0 fully saturated rings. The minimum Gasteiger partial charge on any atom is -0.481 e. The first kappa shape index (κ1) is 14.8.